The van der Waals surface area contributed by atoms with Gasteiger partial charge in [-0.05, 0) is 64.1 Å². The molecule has 2 heteroatoms. The molecule has 0 amide bonds. The van der Waals surface area contributed by atoms with E-state index in [9.17, 15) is 0 Å². The van der Waals surface area contributed by atoms with Crippen molar-refractivity contribution >= 4 is 32.3 Å². The number of ether oxygens (including phenoxy) is 1. The second kappa shape index (κ2) is 6.55. The minimum Gasteiger partial charge on any atom is -0.456 e. The zero-order valence-corrected chi connectivity index (χ0v) is 18.5. The smallest absolute Gasteiger partial charge is 0.228 e. The number of nitrogens with zero attached hydrogens (tertiary/aromatic N) is 1. The van der Waals surface area contributed by atoms with Crippen LogP contribution in [0.15, 0.2) is 66.9 Å². The normalized spacial score (nSPS) is 12.5. The van der Waals surface area contributed by atoms with Crippen LogP contribution >= 0.6 is 0 Å². The molecular weight excluding hydrogens is 378 g/mol. The highest BCUT2D eigenvalue weighted by atomic mass is 16.5. The minimum atomic E-state index is 0.640. The van der Waals surface area contributed by atoms with Gasteiger partial charge in [-0.3, -0.25) is 0 Å². The van der Waals surface area contributed by atoms with Crippen molar-refractivity contribution in [2.75, 3.05) is 0 Å². The first-order valence-electron chi connectivity index (χ1n) is 11.1. The summed E-state index contributed by atoms with van der Waals surface area (Å²) in [6, 6.07) is 22.1. The number of fused-ring (bicyclic) bond motifs is 5. The monoisotopic (exact) mass is 404 g/mol. The van der Waals surface area contributed by atoms with Crippen LogP contribution in [0, 0.1) is 12.8 Å². The lowest BCUT2D eigenvalue weighted by Gasteiger charge is -2.23. The Morgan fingerprint density at radius 2 is 1.61 bits per heavy atom. The van der Waals surface area contributed by atoms with Crippen molar-refractivity contribution < 1.29 is 9.30 Å². The summed E-state index contributed by atoms with van der Waals surface area (Å²) < 4.78 is 8.83. The summed E-state index contributed by atoms with van der Waals surface area (Å²) in [5, 5.41) is 7.52. The van der Waals surface area contributed by atoms with Gasteiger partial charge in [0.2, 0.25) is 5.69 Å². The molecule has 0 unspecified atom stereocenters. The molecule has 0 atom stereocenters. The van der Waals surface area contributed by atoms with Crippen molar-refractivity contribution in [1.82, 2.24) is 0 Å². The molecule has 0 fully saturated rings. The fourth-order valence-corrected chi connectivity index (χ4v) is 5.27. The van der Waals surface area contributed by atoms with Gasteiger partial charge in [0.05, 0.1) is 10.9 Å². The molecule has 1 aliphatic heterocycles. The van der Waals surface area contributed by atoms with Crippen LogP contribution in [0.25, 0.3) is 43.6 Å². The quantitative estimate of drug-likeness (QED) is 0.219. The summed E-state index contributed by atoms with van der Waals surface area (Å²) in [7, 11) is 2.14. The highest BCUT2D eigenvalue weighted by Crippen LogP contribution is 2.49. The molecule has 6 rings (SSSR count). The number of hydrogen-bond donors (Lipinski definition) is 0. The predicted octanol–water partition coefficient (Wildman–Crippen LogP) is 7.25. The molecule has 2 nitrogen and oxygen atoms in total. The Balaban J connectivity index is 1.73. The predicted molar refractivity (Wildman–Crippen MR) is 129 cm³/mol. The number of aromatic nitrogens is 1. The van der Waals surface area contributed by atoms with Crippen LogP contribution in [0.2, 0.25) is 0 Å². The summed E-state index contributed by atoms with van der Waals surface area (Å²) in [4.78, 5) is 0. The average Bonchev–Trinajstić information content (AvgIpc) is 2.75. The standard InChI is InChI=1S/C29H26NO/c1-17(2)13-19-9-10-21-16-26-28-23(24(21)14-19)11-12-30(4)29(28)27-18(3)22-8-6-5-7-20(22)15-25(27)31-26/h5-12,14-17H,13H2,1-4H3/q+1. The second-order valence-electron chi connectivity index (χ2n) is 9.29. The Morgan fingerprint density at radius 1 is 0.839 bits per heavy atom. The third kappa shape index (κ3) is 2.68. The lowest BCUT2D eigenvalue weighted by Crippen LogP contribution is -2.31. The molecule has 0 saturated carbocycles. The van der Waals surface area contributed by atoms with E-state index in [0.717, 1.165) is 17.9 Å². The molecule has 2 heterocycles. The first kappa shape index (κ1) is 18.4. The maximum Gasteiger partial charge on any atom is 0.228 e. The van der Waals surface area contributed by atoms with Crippen LogP contribution in [0.5, 0.6) is 11.5 Å². The zero-order valence-electron chi connectivity index (χ0n) is 18.5. The van der Waals surface area contributed by atoms with Gasteiger partial charge >= 0.3 is 0 Å². The van der Waals surface area contributed by atoms with Crippen molar-refractivity contribution in [2.24, 2.45) is 13.0 Å². The van der Waals surface area contributed by atoms with Gasteiger partial charge in [-0.15, -0.1) is 0 Å². The summed E-state index contributed by atoms with van der Waals surface area (Å²) in [6.07, 6.45) is 3.29. The first-order chi connectivity index (χ1) is 15.0. The van der Waals surface area contributed by atoms with E-state index in [1.54, 1.807) is 0 Å². The van der Waals surface area contributed by atoms with Gasteiger partial charge < -0.3 is 4.74 Å². The zero-order chi connectivity index (χ0) is 21.3. The molecular formula is C29H26NO+. The molecule has 0 radical (unpaired) electrons. The van der Waals surface area contributed by atoms with E-state index < -0.39 is 0 Å². The average molecular weight is 405 g/mol. The number of hydrogen-bond acceptors (Lipinski definition) is 1. The second-order valence-corrected chi connectivity index (χ2v) is 9.29. The Labute approximate surface area is 182 Å². The Bertz CT molecular complexity index is 1530. The highest BCUT2D eigenvalue weighted by Gasteiger charge is 2.30. The van der Waals surface area contributed by atoms with E-state index in [0.29, 0.717) is 5.92 Å². The highest BCUT2D eigenvalue weighted by molar-refractivity contribution is 6.16. The van der Waals surface area contributed by atoms with E-state index in [4.69, 9.17) is 4.74 Å². The van der Waals surface area contributed by atoms with Gasteiger partial charge in [0, 0.05) is 11.5 Å². The molecule has 0 N–H and O–H groups in total. The molecule has 1 aromatic heterocycles. The Hall–Kier alpha value is -3.39. The van der Waals surface area contributed by atoms with Crippen LogP contribution in [0.3, 0.4) is 0 Å². The van der Waals surface area contributed by atoms with E-state index >= 15 is 0 Å². The maximum absolute atomic E-state index is 6.58. The largest absolute Gasteiger partial charge is 0.456 e. The summed E-state index contributed by atoms with van der Waals surface area (Å²) in [5.41, 5.74) is 5.12. The van der Waals surface area contributed by atoms with Crippen LogP contribution in [0.4, 0.5) is 0 Å². The third-order valence-corrected chi connectivity index (χ3v) is 6.64. The van der Waals surface area contributed by atoms with Gasteiger partial charge in [-0.1, -0.05) is 56.3 Å². The number of rotatable bonds is 2. The van der Waals surface area contributed by atoms with Crippen molar-refractivity contribution in [3.63, 3.8) is 0 Å². The molecule has 31 heavy (non-hydrogen) atoms. The van der Waals surface area contributed by atoms with Crippen LogP contribution < -0.4 is 9.30 Å². The van der Waals surface area contributed by atoms with Gasteiger partial charge in [-0.2, -0.15) is 0 Å². The SMILES string of the molecule is Cc1c2c(cc3ccccc13)Oc1cc3ccc(CC(C)C)cc3c3cc[n+](C)c-2c13. The summed E-state index contributed by atoms with van der Waals surface area (Å²) in [5.74, 6) is 2.54. The number of pyridine rings is 1. The third-order valence-electron chi connectivity index (χ3n) is 6.64. The summed E-state index contributed by atoms with van der Waals surface area (Å²) >= 11 is 0. The molecule has 0 spiro atoms. The van der Waals surface area contributed by atoms with Crippen molar-refractivity contribution in [2.45, 2.75) is 27.2 Å². The van der Waals surface area contributed by atoms with Crippen molar-refractivity contribution in [3.05, 3.63) is 78.0 Å². The lowest BCUT2D eigenvalue weighted by atomic mass is 9.90. The molecule has 1 aliphatic rings. The van der Waals surface area contributed by atoms with Gasteiger partial charge in [0.1, 0.15) is 18.5 Å². The fourth-order valence-electron chi connectivity index (χ4n) is 5.27. The molecule has 5 aromatic rings. The van der Waals surface area contributed by atoms with Crippen LogP contribution in [-0.4, -0.2) is 0 Å². The lowest BCUT2D eigenvalue weighted by molar-refractivity contribution is -0.659. The van der Waals surface area contributed by atoms with Gasteiger partial charge in [0.25, 0.3) is 0 Å². The fraction of sp³-hybridized carbons (Fsp3) is 0.207. The number of benzene rings is 4. The Kier molecular flexibility index (Phi) is 3.89. The minimum absolute atomic E-state index is 0.640. The van der Waals surface area contributed by atoms with Crippen LogP contribution in [-0.2, 0) is 13.5 Å². The van der Waals surface area contributed by atoms with Gasteiger partial charge in [0.15, 0.2) is 6.20 Å². The van der Waals surface area contributed by atoms with E-state index in [1.807, 2.05) is 0 Å². The summed E-state index contributed by atoms with van der Waals surface area (Å²) in [6.45, 7) is 6.77. The van der Waals surface area contributed by atoms with E-state index in [2.05, 4.69) is 99.2 Å². The first-order valence-corrected chi connectivity index (χ1v) is 11.1. The van der Waals surface area contributed by atoms with Crippen LogP contribution in [0.1, 0.15) is 25.0 Å². The molecule has 4 aromatic carbocycles. The van der Waals surface area contributed by atoms with Crippen molar-refractivity contribution in [1.29, 1.82) is 0 Å². The Morgan fingerprint density at radius 3 is 2.45 bits per heavy atom. The molecule has 0 aliphatic carbocycles. The number of aryl methyl sites for hydroxylation is 2. The molecule has 0 saturated heterocycles. The van der Waals surface area contributed by atoms with E-state index in [-0.39, 0.29) is 0 Å². The topological polar surface area (TPSA) is 13.1 Å². The van der Waals surface area contributed by atoms with E-state index in [1.165, 1.54) is 54.7 Å². The molecule has 0 bridgehead atoms. The van der Waals surface area contributed by atoms with Gasteiger partial charge in [-0.25, -0.2) is 4.57 Å². The maximum atomic E-state index is 6.58. The van der Waals surface area contributed by atoms with Crippen molar-refractivity contribution in [3.8, 4) is 22.8 Å². The molecule has 152 valence electrons.